The number of nitrogens with two attached hydrogens (primary N) is 1. The molecule has 1 aliphatic rings. The number of carbonyl (C=O) groups is 4. The zero-order valence-electron chi connectivity index (χ0n) is 20.5. The van der Waals surface area contributed by atoms with E-state index in [9.17, 15) is 24.3 Å². The van der Waals surface area contributed by atoms with E-state index in [1.807, 2.05) is 12.1 Å². The van der Waals surface area contributed by atoms with Crippen molar-refractivity contribution in [2.45, 2.75) is 45.1 Å². The summed E-state index contributed by atoms with van der Waals surface area (Å²) in [5, 5.41) is 24.9. The molecule has 0 spiro atoms. The highest BCUT2D eigenvalue weighted by molar-refractivity contribution is 5.89. The van der Waals surface area contributed by atoms with Crippen LogP contribution in [0.15, 0.2) is 30.0 Å². The number of carboxylic acid groups (broad SMARTS) is 1. The molecule has 1 aromatic rings. The quantitative estimate of drug-likeness (QED) is 0.166. The number of aryl methyl sites for hydroxylation is 1. The lowest BCUT2D eigenvalue weighted by Gasteiger charge is -2.28. The Labute approximate surface area is 210 Å². The number of rotatable bonds is 13. The molecule has 0 radical (unpaired) electrons. The van der Waals surface area contributed by atoms with E-state index in [1.165, 1.54) is 0 Å². The zero-order chi connectivity index (χ0) is 26.5. The molecule has 1 aromatic carbocycles. The number of allylic oxidation sites excluding steroid dienone is 2. The van der Waals surface area contributed by atoms with Crippen LogP contribution in [0.1, 0.15) is 43.2 Å². The second-order valence-electron chi connectivity index (χ2n) is 8.80. The molecule has 11 heteroatoms. The summed E-state index contributed by atoms with van der Waals surface area (Å²) in [6.45, 7) is -1.19. The number of hydrogen-bond donors (Lipinski definition) is 6. The van der Waals surface area contributed by atoms with E-state index in [2.05, 4.69) is 22.0 Å². The van der Waals surface area contributed by atoms with Gasteiger partial charge in [-0.3, -0.25) is 19.2 Å². The van der Waals surface area contributed by atoms with Gasteiger partial charge >= 0.3 is 5.97 Å². The highest BCUT2D eigenvalue weighted by atomic mass is 16.5. The van der Waals surface area contributed by atoms with Gasteiger partial charge in [-0.1, -0.05) is 6.07 Å². The Kier molecular flexibility index (Phi) is 11.7. The molecule has 0 heterocycles. The van der Waals surface area contributed by atoms with Gasteiger partial charge in [-0.05, 0) is 67.9 Å². The van der Waals surface area contributed by atoms with E-state index in [1.54, 1.807) is 13.2 Å². The van der Waals surface area contributed by atoms with E-state index in [-0.39, 0.29) is 37.4 Å². The number of hydrogen-bond acceptors (Lipinski definition) is 7. The van der Waals surface area contributed by atoms with Crippen LogP contribution in [0.25, 0.3) is 0 Å². The zero-order valence-corrected chi connectivity index (χ0v) is 20.5. The van der Waals surface area contributed by atoms with Crippen molar-refractivity contribution < 1.29 is 34.1 Å². The number of nitrogens with one attached hydrogen (secondary N) is 3. The molecular formula is C25H36N4O7. The number of amides is 3. The van der Waals surface area contributed by atoms with Crippen LogP contribution in [-0.2, 0) is 36.9 Å². The van der Waals surface area contributed by atoms with Crippen molar-refractivity contribution in [3.63, 3.8) is 0 Å². The summed E-state index contributed by atoms with van der Waals surface area (Å²) in [4.78, 5) is 46.1. The molecule has 0 bridgehead atoms. The lowest BCUT2D eigenvalue weighted by molar-refractivity contribution is -0.137. The van der Waals surface area contributed by atoms with E-state index >= 15 is 0 Å². The van der Waals surface area contributed by atoms with Crippen LogP contribution in [0.4, 0.5) is 5.69 Å². The molecule has 0 aromatic heterocycles. The van der Waals surface area contributed by atoms with E-state index in [0.29, 0.717) is 18.5 Å². The fraction of sp³-hybridized carbons (Fsp3) is 0.520. The first-order valence-corrected chi connectivity index (χ1v) is 12.0. The Bertz CT molecular complexity index is 956. The third-order valence-corrected chi connectivity index (χ3v) is 6.08. The number of ether oxygens (including phenoxy) is 1. The van der Waals surface area contributed by atoms with Crippen LogP contribution in [-0.4, -0.2) is 60.6 Å². The van der Waals surface area contributed by atoms with Gasteiger partial charge in [0.15, 0.2) is 0 Å². The largest absolute Gasteiger partial charge is 0.501 e. The van der Waals surface area contributed by atoms with Crippen molar-refractivity contribution in [3.05, 3.63) is 41.2 Å². The van der Waals surface area contributed by atoms with Crippen molar-refractivity contribution in [2.24, 2.45) is 11.8 Å². The van der Waals surface area contributed by atoms with Crippen LogP contribution >= 0.6 is 0 Å². The van der Waals surface area contributed by atoms with Crippen LogP contribution in [0, 0.1) is 11.8 Å². The molecule has 1 fully saturated rings. The fourth-order valence-corrected chi connectivity index (χ4v) is 4.25. The SMILES string of the molecule is CO/C(=C/CCc1cc(N)cc(CO)c1)[C@H]1CC[C@H](C(=O)NCC(=O)NCC(=O)NCC(=O)O)CC1. The lowest BCUT2D eigenvalue weighted by Crippen LogP contribution is -2.44. The minimum absolute atomic E-state index is 0.0511. The van der Waals surface area contributed by atoms with Crippen molar-refractivity contribution in [3.8, 4) is 0 Å². The summed E-state index contributed by atoms with van der Waals surface area (Å²) < 4.78 is 5.63. The van der Waals surface area contributed by atoms with E-state index in [4.69, 9.17) is 15.6 Å². The lowest BCUT2D eigenvalue weighted by atomic mass is 9.80. The predicted molar refractivity (Wildman–Crippen MR) is 132 cm³/mol. The second-order valence-corrected chi connectivity index (χ2v) is 8.80. The molecule has 1 aliphatic carbocycles. The van der Waals surface area contributed by atoms with Gasteiger partial charge in [0.25, 0.3) is 0 Å². The van der Waals surface area contributed by atoms with Gasteiger partial charge in [-0.25, -0.2) is 0 Å². The average molecular weight is 505 g/mol. The van der Waals surface area contributed by atoms with Gasteiger partial charge in [-0.2, -0.15) is 0 Å². The van der Waals surface area contributed by atoms with Gasteiger partial charge in [0.1, 0.15) is 6.54 Å². The Hall–Kier alpha value is -3.60. The maximum atomic E-state index is 12.5. The number of anilines is 1. The standard InChI is InChI=1S/C25H36N4O7/c1-36-21(4-2-3-16-9-17(15-30)11-20(26)10-16)18-5-7-19(8-6-18)25(35)29-13-23(32)27-12-22(31)28-14-24(33)34/h4,9-11,18-19,30H,2-3,5-8,12-15,26H2,1H3,(H,27,32)(H,28,31)(H,29,35)(H,33,34)/b21-4+/t18-,19-. The van der Waals surface area contributed by atoms with Crippen LogP contribution < -0.4 is 21.7 Å². The Balaban J connectivity index is 1.72. The molecule has 198 valence electrons. The Morgan fingerprint density at radius 3 is 2.14 bits per heavy atom. The number of aliphatic hydroxyl groups is 1. The molecule has 11 nitrogen and oxygen atoms in total. The highest BCUT2D eigenvalue weighted by Gasteiger charge is 2.28. The number of methoxy groups -OCH3 is 1. The van der Waals surface area contributed by atoms with Crippen molar-refractivity contribution >= 4 is 29.4 Å². The van der Waals surface area contributed by atoms with Crippen molar-refractivity contribution in [1.29, 1.82) is 0 Å². The fourth-order valence-electron chi connectivity index (χ4n) is 4.25. The van der Waals surface area contributed by atoms with E-state index < -0.39 is 24.3 Å². The number of aliphatic carboxylic acids is 1. The normalized spacial score (nSPS) is 17.7. The van der Waals surface area contributed by atoms with Crippen LogP contribution in [0.2, 0.25) is 0 Å². The first kappa shape index (κ1) is 28.6. The first-order valence-electron chi connectivity index (χ1n) is 12.0. The van der Waals surface area contributed by atoms with Gasteiger partial charge in [0.2, 0.25) is 17.7 Å². The molecule has 0 unspecified atom stereocenters. The molecule has 0 atom stereocenters. The number of benzene rings is 1. The summed E-state index contributed by atoms with van der Waals surface area (Å²) in [5.74, 6) is -1.61. The average Bonchev–Trinajstić information content (AvgIpc) is 2.87. The van der Waals surface area contributed by atoms with Crippen molar-refractivity contribution in [2.75, 3.05) is 32.5 Å². The minimum atomic E-state index is -1.18. The smallest absolute Gasteiger partial charge is 0.322 e. The van der Waals surface area contributed by atoms with Gasteiger partial charge < -0.3 is 36.6 Å². The summed E-state index contributed by atoms with van der Waals surface area (Å²) in [6, 6.07) is 5.59. The van der Waals surface area contributed by atoms with Gasteiger partial charge in [0.05, 0.1) is 32.6 Å². The van der Waals surface area contributed by atoms with Gasteiger partial charge in [0, 0.05) is 17.5 Å². The second kappa shape index (κ2) is 14.7. The summed E-state index contributed by atoms with van der Waals surface area (Å²) in [7, 11) is 1.65. The number of nitrogen functional groups attached to an aromatic ring is 1. The molecule has 1 saturated carbocycles. The Morgan fingerprint density at radius 2 is 1.53 bits per heavy atom. The maximum absolute atomic E-state index is 12.5. The summed E-state index contributed by atoms with van der Waals surface area (Å²) in [6.07, 6.45) is 6.54. The summed E-state index contributed by atoms with van der Waals surface area (Å²) >= 11 is 0. The van der Waals surface area contributed by atoms with E-state index in [0.717, 1.165) is 42.6 Å². The third kappa shape index (κ3) is 9.95. The van der Waals surface area contributed by atoms with Gasteiger partial charge in [-0.15, -0.1) is 0 Å². The minimum Gasteiger partial charge on any atom is -0.501 e. The molecule has 0 aliphatic heterocycles. The third-order valence-electron chi connectivity index (χ3n) is 6.08. The van der Waals surface area contributed by atoms with Crippen molar-refractivity contribution in [1.82, 2.24) is 16.0 Å². The first-order chi connectivity index (χ1) is 17.2. The molecule has 0 saturated heterocycles. The number of carbonyl (C=O) groups excluding carboxylic acids is 3. The molecule has 36 heavy (non-hydrogen) atoms. The molecule has 2 rings (SSSR count). The highest BCUT2D eigenvalue weighted by Crippen LogP contribution is 2.34. The molecule has 3 amide bonds. The molecule has 7 N–H and O–H groups in total. The Morgan fingerprint density at radius 1 is 0.944 bits per heavy atom. The van der Waals surface area contributed by atoms with Crippen LogP contribution in [0.3, 0.4) is 0 Å². The van der Waals surface area contributed by atoms with Crippen LogP contribution in [0.5, 0.6) is 0 Å². The predicted octanol–water partition coefficient (Wildman–Crippen LogP) is 0.464. The molecular weight excluding hydrogens is 468 g/mol. The number of aliphatic hydroxyl groups excluding tert-OH is 1. The monoisotopic (exact) mass is 504 g/mol. The maximum Gasteiger partial charge on any atom is 0.322 e. The number of carboxylic acids is 1. The topological polar surface area (TPSA) is 180 Å². The summed E-state index contributed by atoms with van der Waals surface area (Å²) in [5.41, 5.74) is 8.36.